The molecular formula is C25H31N3O4. The number of aromatic nitrogens is 1. The van der Waals surface area contributed by atoms with Gasteiger partial charge in [0.05, 0.1) is 13.2 Å². The SMILES string of the molecule is CC(C)NC(=O)[C@]1(Cc2ccc(-c3cccnc3)cc2)CN(C(=O)[C@@H]2CCCO2)CCO1. The number of rotatable bonds is 6. The Morgan fingerprint density at radius 3 is 2.66 bits per heavy atom. The van der Waals surface area contributed by atoms with Crippen LogP contribution in [0.25, 0.3) is 11.1 Å². The lowest BCUT2D eigenvalue weighted by atomic mass is 9.90. The molecule has 0 bridgehead atoms. The molecule has 0 radical (unpaired) electrons. The Balaban J connectivity index is 1.56. The first-order valence-corrected chi connectivity index (χ1v) is 11.3. The quantitative estimate of drug-likeness (QED) is 0.751. The lowest BCUT2D eigenvalue weighted by Crippen LogP contribution is -2.63. The summed E-state index contributed by atoms with van der Waals surface area (Å²) in [7, 11) is 0. The highest BCUT2D eigenvalue weighted by Gasteiger charge is 2.46. The molecule has 0 spiro atoms. The molecule has 2 saturated heterocycles. The summed E-state index contributed by atoms with van der Waals surface area (Å²) in [5.41, 5.74) is 1.94. The molecule has 2 aliphatic rings. The van der Waals surface area contributed by atoms with Crippen molar-refractivity contribution in [3.05, 3.63) is 54.4 Å². The minimum atomic E-state index is -1.13. The third kappa shape index (κ3) is 5.00. The van der Waals surface area contributed by atoms with Gasteiger partial charge in [-0.25, -0.2) is 0 Å². The van der Waals surface area contributed by atoms with Gasteiger partial charge in [0, 0.05) is 38.0 Å². The third-order valence-electron chi connectivity index (χ3n) is 5.97. The third-order valence-corrected chi connectivity index (χ3v) is 5.97. The van der Waals surface area contributed by atoms with Crippen molar-refractivity contribution < 1.29 is 19.1 Å². The molecule has 2 aliphatic heterocycles. The van der Waals surface area contributed by atoms with Gasteiger partial charge >= 0.3 is 0 Å². The highest BCUT2D eigenvalue weighted by molar-refractivity contribution is 5.88. The van der Waals surface area contributed by atoms with Gasteiger partial charge in [-0.2, -0.15) is 0 Å². The van der Waals surface area contributed by atoms with E-state index in [1.807, 2.05) is 56.4 Å². The van der Waals surface area contributed by atoms with Gasteiger partial charge in [-0.3, -0.25) is 14.6 Å². The second kappa shape index (κ2) is 9.79. The normalized spacial score (nSPS) is 23.3. The van der Waals surface area contributed by atoms with Crippen LogP contribution in [-0.2, 0) is 25.5 Å². The van der Waals surface area contributed by atoms with Gasteiger partial charge in [0.1, 0.15) is 6.10 Å². The van der Waals surface area contributed by atoms with Crippen LogP contribution in [0.1, 0.15) is 32.3 Å². The summed E-state index contributed by atoms with van der Waals surface area (Å²) in [4.78, 5) is 32.2. The van der Waals surface area contributed by atoms with Crippen molar-refractivity contribution in [3.63, 3.8) is 0 Å². The Morgan fingerprint density at radius 1 is 1.19 bits per heavy atom. The smallest absolute Gasteiger partial charge is 0.254 e. The van der Waals surface area contributed by atoms with Crippen molar-refractivity contribution in [3.8, 4) is 11.1 Å². The highest BCUT2D eigenvalue weighted by Crippen LogP contribution is 2.27. The number of hydrogen-bond donors (Lipinski definition) is 1. The van der Waals surface area contributed by atoms with Crippen LogP contribution in [0.3, 0.4) is 0 Å². The Hall–Kier alpha value is -2.77. The molecule has 7 nitrogen and oxygen atoms in total. The predicted molar refractivity (Wildman–Crippen MR) is 121 cm³/mol. The van der Waals surface area contributed by atoms with E-state index in [0.29, 0.717) is 26.2 Å². The van der Waals surface area contributed by atoms with Gasteiger partial charge < -0.3 is 19.7 Å². The van der Waals surface area contributed by atoms with Crippen molar-refractivity contribution >= 4 is 11.8 Å². The van der Waals surface area contributed by atoms with E-state index >= 15 is 0 Å². The summed E-state index contributed by atoms with van der Waals surface area (Å²) in [6.45, 7) is 5.46. The molecule has 1 aromatic carbocycles. The fourth-order valence-electron chi connectivity index (χ4n) is 4.34. The van der Waals surface area contributed by atoms with Gasteiger partial charge in [0.25, 0.3) is 11.8 Å². The summed E-state index contributed by atoms with van der Waals surface area (Å²) in [6.07, 6.45) is 5.18. The van der Waals surface area contributed by atoms with Gasteiger partial charge in [0.2, 0.25) is 0 Å². The minimum absolute atomic E-state index is 0.0276. The first kappa shape index (κ1) is 22.4. The van der Waals surface area contributed by atoms with Gasteiger partial charge in [-0.05, 0) is 49.4 Å². The zero-order valence-electron chi connectivity index (χ0n) is 18.8. The molecule has 0 unspecified atom stereocenters. The van der Waals surface area contributed by atoms with Gasteiger partial charge in [-0.15, -0.1) is 0 Å². The summed E-state index contributed by atoms with van der Waals surface area (Å²) in [6, 6.07) is 12.0. The zero-order valence-corrected chi connectivity index (χ0v) is 18.8. The van der Waals surface area contributed by atoms with Gasteiger partial charge in [0.15, 0.2) is 5.60 Å². The maximum atomic E-state index is 13.3. The Morgan fingerprint density at radius 2 is 2.00 bits per heavy atom. The highest BCUT2D eigenvalue weighted by atomic mass is 16.5. The van der Waals surface area contributed by atoms with Crippen molar-refractivity contribution in [2.24, 2.45) is 0 Å². The summed E-state index contributed by atoms with van der Waals surface area (Å²) < 4.78 is 11.7. The predicted octanol–water partition coefficient (Wildman–Crippen LogP) is 2.59. The molecular weight excluding hydrogens is 406 g/mol. The van der Waals surface area contributed by atoms with Crippen molar-refractivity contribution in [2.75, 3.05) is 26.3 Å². The molecule has 7 heteroatoms. The molecule has 1 aromatic heterocycles. The van der Waals surface area contributed by atoms with Crippen LogP contribution in [0.4, 0.5) is 0 Å². The maximum absolute atomic E-state index is 13.3. The minimum Gasteiger partial charge on any atom is -0.368 e. The Kier molecular flexibility index (Phi) is 6.86. The lowest BCUT2D eigenvalue weighted by Gasteiger charge is -2.42. The Labute approximate surface area is 189 Å². The molecule has 0 aliphatic carbocycles. The average Bonchev–Trinajstić information content (AvgIpc) is 3.34. The first-order valence-electron chi connectivity index (χ1n) is 11.3. The number of nitrogens with one attached hydrogen (secondary N) is 1. The fourth-order valence-corrected chi connectivity index (χ4v) is 4.34. The van der Waals surface area contributed by atoms with E-state index in [0.717, 1.165) is 29.5 Å². The number of morpholine rings is 1. The second-order valence-electron chi connectivity index (χ2n) is 8.85. The van der Waals surface area contributed by atoms with Crippen molar-refractivity contribution in [1.29, 1.82) is 0 Å². The summed E-state index contributed by atoms with van der Waals surface area (Å²) in [5, 5.41) is 3.00. The van der Waals surface area contributed by atoms with Crippen LogP contribution >= 0.6 is 0 Å². The lowest BCUT2D eigenvalue weighted by molar-refractivity contribution is -0.170. The van der Waals surface area contributed by atoms with Crippen molar-refractivity contribution in [2.45, 2.75) is 50.9 Å². The molecule has 170 valence electrons. The van der Waals surface area contributed by atoms with E-state index in [1.54, 1.807) is 11.1 Å². The zero-order chi connectivity index (χ0) is 22.6. The van der Waals surface area contributed by atoms with E-state index in [9.17, 15) is 9.59 Å². The monoisotopic (exact) mass is 437 g/mol. The number of carbonyl (C=O) groups excluding carboxylic acids is 2. The number of benzene rings is 1. The number of hydrogen-bond acceptors (Lipinski definition) is 5. The van der Waals surface area contributed by atoms with E-state index in [1.165, 1.54) is 0 Å². The topological polar surface area (TPSA) is 80.8 Å². The molecule has 4 rings (SSSR count). The van der Waals surface area contributed by atoms with Crippen LogP contribution in [0, 0.1) is 0 Å². The molecule has 1 N–H and O–H groups in total. The molecule has 2 fully saturated rings. The molecule has 3 heterocycles. The fraction of sp³-hybridized carbons (Fsp3) is 0.480. The number of amides is 2. The molecule has 2 amide bonds. The maximum Gasteiger partial charge on any atom is 0.254 e. The molecule has 2 aromatic rings. The van der Waals surface area contributed by atoms with E-state index < -0.39 is 11.7 Å². The van der Waals surface area contributed by atoms with Crippen LogP contribution in [-0.4, -0.2) is 65.7 Å². The van der Waals surface area contributed by atoms with E-state index in [-0.39, 0.29) is 24.4 Å². The average molecular weight is 438 g/mol. The van der Waals surface area contributed by atoms with Crippen LogP contribution in [0.2, 0.25) is 0 Å². The van der Waals surface area contributed by atoms with Crippen molar-refractivity contribution in [1.82, 2.24) is 15.2 Å². The largest absolute Gasteiger partial charge is 0.368 e. The second-order valence-corrected chi connectivity index (χ2v) is 8.85. The Bertz CT molecular complexity index is 926. The van der Waals surface area contributed by atoms with Gasteiger partial charge in [-0.1, -0.05) is 30.3 Å². The van der Waals surface area contributed by atoms with E-state index in [4.69, 9.17) is 9.47 Å². The van der Waals surface area contributed by atoms with Crippen LogP contribution in [0.15, 0.2) is 48.8 Å². The molecule has 32 heavy (non-hydrogen) atoms. The number of nitrogens with zero attached hydrogens (tertiary/aromatic N) is 2. The molecule has 2 atom stereocenters. The number of ether oxygens (including phenoxy) is 2. The summed E-state index contributed by atoms with van der Waals surface area (Å²) >= 11 is 0. The first-order chi connectivity index (χ1) is 15.5. The van der Waals surface area contributed by atoms with E-state index in [2.05, 4.69) is 10.3 Å². The molecule has 0 saturated carbocycles. The standard InChI is InChI=1S/C25H31N3O4/c1-18(2)27-24(30)25(17-28(12-14-32-25)23(29)22-6-4-13-31-22)15-19-7-9-20(10-8-19)21-5-3-11-26-16-21/h3,5,7-11,16,18,22H,4,6,12-15,17H2,1-2H3,(H,27,30)/t22-,25-/m0/s1. The van der Waals surface area contributed by atoms with Crippen LogP contribution < -0.4 is 5.32 Å². The number of carbonyl (C=O) groups is 2. The number of pyridine rings is 1. The van der Waals surface area contributed by atoms with Crippen LogP contribution in [0.5, 0.6) is 0 Å². The summed E-state index contributed by atoms with van der Waals surface area (Å²) in [5.74, 6) is -0.229.